The van der Waals surface area contributed by atoms with Crippen molar-refractivity contribution >= 4 is 0 Å². The maximum absolute atomic E-state index is 14.1. The summed E-state index contributed by atoms with van der Waals surface area (Å²) in [5.41, 5.74) is 10.6. The van der Waals surface area contributed by atoms with Gasteiger partial charge in [0.1, 0.15) is 0 Å². The monoisotopic (exact) mass is 597 g/mol. The fourth-order valence-corrected chi connectivity index (χ4v) is 5.72. The van der Waals surface area contributed by atoms with Gasteiger partial charge in [-0.15, -0.1) is 0 Å². The molecule has 0 aliphatic heterocycles. The topological polar surface area (TPSA) is 47.2 Å². The molecule has 0 amide bonds. The van der Waals surface area contributed by atoms with Crippen molar-refractivity contribution in [2.45, 2.75) is 6.92 Å². The summed E-state index contributed by atoms with van der Waals surface area (Å²) < 4.78 is 2.30. The van der Waals surface area contributed by atoms with E-state index >= 15 is 0 Å². The average Bonchev–Trinajstić information content (AvgIpc) is 3.13. The van der Waals surface area contributed by atoms with Gasteiger partial charge in [-0.25, -0.2) is 0 Å². The number of nitrogens with zero attached hydrogens (tertiary/aromatic N) is 1. The van der Waals surface area contributed by atoms with Crippen molar-refractivity contribution in [1.29, 1.82) is 0 Å². The number of hydrogen-bond donors (Lipinski definition) is 1. The fourth-order valence-electron chi connectivity index (χ4n) is 5.72. The van der Waals surface area contributed by atoms with E-state index in [9.17, 15) is 5.11 Å². The Morgan fingerprint density at radius 2 is 0.739 bits per heavy atom. The van der Waals surface area contributed by atoms with Gasteiger partial charge in [-0.2, -0.15) is 4.57 Å². The second kappa shape index (κ2) is 14.3. The highest BCUT2D eigenvalue weighted by molar-refractivity contribution is 5.84. The Morgan fingerprint density at radius 1 is 0.435 bits per heavy atom. The van der Waals surface area contributed by atoms with Crippen LogP contribution in [-0.4, -0.2) is 11.7 Å². The molecule has 6 aromatic carbocycles. The third kappa shape index (κ3) is 6.51. The predicted octanol–water partition coefficient (Wildman–Crippen LogP) is 9.37. The molecular formula is C43H35NO2. The first kappa shape index (κ1) is 30.3. The first-order valence-electron chi connectivity index (χ1n) is 15.5. The Hall–Kier alpha value is -5.77. The molecule has 0 aliphatic rings. The van der Waals surface area contributed by atoms with E-state index in [1.54, 1.807) is 6.92 Å². The van der Waals surface area contributed by atoms with Gasteiger partial charge in [0, 0.05) is 42.0 Å². The van der Waals surface area contributed by atoms with Crippen LogP contribution in [0.4, 0.5) is 0 Å². The van der Waals surface area contributed by atoms with E-state index in [1.807, 2.05) is 91.0 Å². The zero-order chi connectivity index (χ0) is 31.7. The molecule has 224 valence electrons. The van der Waals surface area contributed by atoms with Crippen LogP contribution in [-0.2, 0) is 0 Å². The highest BCUT2D eigenvalue weighted by Crippen LogP contribution is 2.39. The number of benzene rings is 6. The third-order valence-electron chi connectivity index (χ3n) is 7.81. The minimum atomic E-state index is 0.0187. The van der Waals surface area contributed by atoms with Gasteiger partial charge in [0.25, 0.3) is 0 Å². The van der Waals surface area contributed by atoms with Crippen LogP contribution in [0.25, 0.3) is 61.6 Å². The Labute approximate surface area is 271 Å². The summed E-state index contributed by atoms with van der Waals surface area (Å²) in [6.45, 7) is 1.93. The van der Waals surface area contributed by atoms with Crippen molar-refractivity contribution in [2.24, 2.45) is 0 Å². The van der Waals surface area contributed by atoms with Crippen LogP contribution in [0.15, 0.2) is 176 Å². The Bertz CT molecular complexity index is 1890. The van der Waals surface area contributed by atoms with Crippen molar-refractivity contribution < 1.29 is 14.8 Å². The highest BCUT2D eigenvalue weighted by Gasteiger charge is 2.26. The minimum Gasteiger partial charge on any atom is -0.872 e. The Kier molecular flexibility index (Phi) is 9.44. The molecule has 3 heteroatoms. The van der Waals surface area contributed by atoms with Gasteiger partial charge in [0.15, 0.2) is 0 Å². The lowest BCUT2D eigenvalue weighted by atomic mass is 9.94. The van der Waals surface area contributed by atoms with Crippen molar-refractivity contribution in [1.82, 2.24) is 0 Å². The first-order chi connectivity index (χ1) is 22.7. The summed E-state index contributed by atoms with van der Waals surface area (Å²) >= 11 is 0. The van der Waals surface area contributed by atoms with E-state index in [4.69, 9.17) is 5.11 Å². The van der Waals surface area contributed by atoms with Crippen LogP contribution in [0.2, 0.25) is 0 Å². The molecule has 3 nitrogen and oxygen atoms in total. The van der Waals surface area contributed by atoms with Crippen molar-refractivity contribution in [2.75, 3.05) is 6.61 Å². The molecule has 0 aliphatic carbocycles. The van der Waals surface area contributed by atoms with Gasteiger partial charge >= 0.3 is 0 Å². The molecule has 1 N–H and O–H groups in total. The number of aliphatic hydroxyl groups excluding tert-OH is 1. The number of hydrogen-bond acceptors (Lipinski definition) is 2. The Morgan fingerprint density at radius 3 is 1.09 bits per heavy atom. The van der Waals surface area contributed by atoms with Crippen LogP contribution in [0, 0.1) is 0 Å². The molecular weight excluding hydrogens is 562 g/mol. The molecule has 1 aromatic heterocycles. The maximum atomic E-state index is 14.1. The highest BCUT2D eigenvalue weighted by atomic mass is 16.3. The zero-order valence-electron chi connectivity index (χ0n) is 25.8. The minimum absolute atomic E-state index is 0.0187. The molecule has 0 radical (unpaired) electrons. The Balaban J connectivity index is 0.00000119. The third-order valence-corrected chi connectivity index (χ3v) is 7.81. The summed E-state index contributed by atoms with van der Waals surface area (Å²) in [6.07, 6.45) is 0. The fraction of sp³-hybridized carbons (Fsp3) is 0.0465. The smallest absolute Gasteiger partial charge is 0.219 e. The second-order valence-corrected chi connectivity index (χ2v) is 10.9. The molecule has 1 heterocycles. The normalized spacial score (nSPS) is 10.6. The van der Waals surface area contributed by atoms with Gasteiger partial charge in [-0.3, -0.25) is 0 Å². The lowest BCUT2D eigenvalue weighted by molar-refractivity contribution is -0.572. The SMILES string of the molecule is CCO.[O-]c1c(-c2ccccc2)cc(-[n+]2c(-c3ccccc3)cc(-c3ccccc3)cc2-c2ccccc2)cc1-c1ccccc1. The van der Waals surface area contributed by atoms with Gasteiger partial charge in [-0.1, -0.05) is 133 Å². The molecule has 46 heavy (non-hydrogen) atoms. The van der Waals surface area contributed by atoms with Crippen LogP contribution in [0.3, 0.4) is 0 Å². The van der Waals surface area contributed by atoms with Crippen LogP contribution in [0.5, 0.6) is 5.75 Å². The van der Waals surface area contributed by atoms with Gasteiger partial charge in [0.05, 0.1) is 0 Å². The van der Waals surface area contributed by atoms with Gasteiger partial charge in [-0.05, 0) is 64.6 Å². The van der Waals surface area contributed by atoms with E-state index in [-0.39, 0.29) is 12.4 Å². The summed E-state index contributed by atoms with van der Waals surface area (Å²) in [4.78, 5) is 0. The molecule has 0 unspecified atom stereocenters. The molecule has 0 bridgehead atoms. The lowest BCUT2D eigenvalue weighted by Gasteiger charge is -2.21. The number of pyridine rings is 1. The predicted molar refractivity (Wildman–Crippen MR) is 187 cm³/mol. The van der Waals surface area contributed by atoms with E-state index in [2.05, 4.69) is 89.5 Å². The van der Waals surface area contributed by atoms with Crippen molar-refractivity contribution in [3.63, 3.8) is 0 Å². The van der Waals surface area contributed by atoms with E-state index in [0.717, 1.165) is 50.5 Å². The number of rotatable bonds is 6. The molecule has 0 fully saturated rings. The van der Waals surface area contributed by atoms with Crippen LogP contribution >= 0.6 is 0 Å². The maximum Gasteiger partial charge on any atom is 0.219 e. The standard InChI is InChI=1S/C41H29NO.C2H6O/c43-41-37(31-18-8-2-9-19-31)28-36(29-38(41)32-20-10-3-11-21-32)42-39(33-22-12-4-13-23-33)26-35(30-16-6-1-7-17-30)27-40(42)34-24-14-5-15-25-34;1-2-3/h1-29H;3H,2H2,1H3. The van der Waals surface area contributed by atoms with Gasteiger partial charge in [0.2, 0.25) is 17.1 Å². The zero-order valence-corrected chi connectivity index (χ0v) is 25.8. The molecule has 7 rings (SSSR count). The second-order valence-electron chi connectivity index (χ2n) is 10.9. The molecule has 0 spiro atoms. The number of aromatic nitrogens is 1. The van der Waals surface area contributed by atoms with E-state index in [0.29, 0.717) is 11.1 Å². The molecule has 7 aromatic rings. The lowest BCUT2D eigenvalue weighted by Crippen LogP contribution is -2.36. The molecule has 0 saturated heterocycles. The first-order valence-corrected chi connectivity index (χ1v) is 15.5. The van der Waals surface area contributed by atoms with E-state index < -0.39 is 0 Å². The summed E-state index contributed by atoms with van der Waals surface area (Å²) in [7, 11) is 0. The van der Waals surface area contributed by atoms with E-state index in [1.165, 1.54) is 0 Å². The largest absolute Gasteiger partial charge is 0.872 e. The average molecular weight is 598 g/mol. The molecule has 0 atom stereocenters. The van der Waals surface area contributed by atoms with Crippen molar-refractivity contribution in [3.8, 4) is 67.3 Å². The summed E-state index contributed by atoms with van der Waals surface area (Å²) in [5, 5.41) is 21.7. The summed E-state index contributed by atoms with van der Waals surface area (Å²) in [6, 6.07) is 60.0. The summed E-state index contributed by atoms with van der Waals surface area (Å²) in [5.74, 6) is 0.0187. The van der Waals surface area contributed by atoms with Gasteiger partial charge < -0.3 is 10.2 Å². The van der Waals surface area contributed by atoms with Crippen LogP contribution < -0.4 is 9.67 Å². The van der Waals surface area contributed by atoms with Crippen LogP contribution in [0.1, 0.15) is 6.92 Å². The molecule has 0 saturated carbocycles. The van der Waals surface area contributed by atoms with Crippen molar-refractivity contribution in [3.05, 3.63) is 176 Å². The number of aliphatic hydroxyl groups is 1. The quantitative estimate of drug-likeness (QED) is 0.194.